The molecule has 0 aliphatic carbocycles. The summed E-state index contributed by atoms with van der Waals surface area (Å²) < 4.78 is 25.0. The minimum absolute atomic E-state index is 0.152. The lowest BCUT2D eigenvalue weighted by Crippen LogP contribution is -1.99. The standard InChI is InChI=1S/C16H15Br2FO2/c1-9-4-10(6-11(19)5-9)16(18)12-7-14(20-2)15(21-3)8-13(12)17/h4-8,16H,1-3H3. The molecule has 0 aromatic heterocycles. The van der Waals surface area contributed by atoms with Crippen LogP contribution in [0, 0.1) is 12.7 Å². The quantitative estimate of drug-likeness (QED) is 0.620. The SMILES string of the molecule is COc1cc(Br)c(C(Br)c2cc(C)cc(F)c2)cc1OC. The molecule has 0 heterocycles. The molecule has 112 valence electrons. The zero-order valence-corrected chi connectivity index (χ0v) is 15.1. The molecule has 0 bridgehead atoms. The first-order valence-corrected chi connectivity index (χ1v) is 7.99. The highest BCUT2D eigenvalue weighted by atomic mass is 79.9. The molecule has 2 nitrogen and oxygen atoms in total. The van der Waals surface area contributed by atoms with Gasteiger partial charge >= 0.3 is 0 Å². The van der Waals surface area contributed by atoms with Crippen molar-refractivity contribution in [2.24, 2.45) is 0 Å². The highest BCUT2D eigenvalue weighted by Crippen LogP contribution is 2.41. The summed E-state index contributed by atoms with van der Waals surface area (Å²) in [5, 5.41) is 0. The smallest absolute Gasteiger partial charge is 0.161 e. The van der Waals surface area contributed by atoms with Gasteiger partial charge in [-0.15, -0.1) is 0 Å². The molecule has 0 saturated carbocycles. The maximum Gasteiger partial charge on any atom is 0.161 e. The highest BCUT2D eigenvalue weighted by Gasteiger charge is 2.18. The van der Waals surface area contributed by atoms with Gasteiger partial charge in [0, 0.05) is 4.47 Å². The van der Waals surface area contributed by atoms with Crippen LogP contribution in [0.15, 0.2) is 34.8 Å². The molecule has 5 heteroatoms. The van der Waals surface area contributed by atoms with Crippen LogP contribution in [0.4, 0.5) is 4.39 Å². The van der Waals surface area contributed by atoms with Crippen LogP contribution in [0.3, 0.4) is 0 Å². The molecular formula is C16H15Br2FO2. The predicted octanol–water partition coefficient (Wildman–Crippen LogP) is 5.40. The van der Waals surface area contributed by atoms with E-state index in [9.17, 15) is 4.39 Å². The molecule has 0 radical (unpaired) electrons. The van der Waals surface area contributed by atoms with E-state index in [4.69, 9.17) is 9.47 Å². The first kappa shape index (κ1) is 16.3. The van der Waals surface area contributed by atoms with Crippen LogP contribution in [0.5, 0.6) is 11.5 Å². The van der Waals surface area contributed by atoms with E-state index in [2.05, 4.69) is 31.9 Å². The molecule has 0 spiro atoms. The van der Waals surface area contributed by atoms with Crippen molar-refractivity contribution in [2.75, 3.05) is 14.2 Å². The van der Waals surface area contributed by atoms with Crippen LogP contribution in [0.25, 0.3) is 0 Å². The van der Waals surface area contributed by atoms with Crippen LogP contribution >= 0.6 is 31.9 Å². The van der Waals surface area contributed by atoms with E-state index in [1.807, 2.05) is 25.1 Å². The van der Waals surface area contributed by atoms with E-state index < -0.39 is 0 Å². The number of hydrogen-bond donors (Lipinski definition) is 0. The summed E-state index contributed by atoms with van der Waals surface area (Å²) in [6.07, 6.45) is 0. The molecule has 0 saturated heterocycles. The maximum atomic E-state index is 13.6. The fraction of sp³-hybridized carbons (Fsp3) is 0.250. The Kier molecular flexibility index (Phi) is 5.27. The third kappa shape index (κ3) is 3.58. The second kappa shape index (κ2) is 6.79. The Hall–Kier alpha value is -1.07. The van der Waals surface area contributed by atoms with Crippen molar-refractivity contribution in [1.29, 1.82) is 0 Å². The third-order valence-electron chi connectivity index (χ3n) is 3.13. The van der Waals surface area contributed by atoms with Crippen molar-refractivity contribution in [3.8, 4) is 11.5 Å². The number of hydrogen-bond acceptors (Lipinski definition) is 2. The summed E-state index contributed by atoms with van der Waals surface area (Å²) in [7, 11) is 3.18. The van der Waals surface area contributed by atoms with E-state index >= 15 is 0 Å². The fourth-order valence-electron chi connectivity index (χ4n) is 2.15. The summed E-state index contributed by atoms with van der Waals surface area (Å²) in [6.45, 7) is 1.87. The van der Waals surface area contributed by atoms with Gasteiger partial charge in [-0.2, -0.15) is 0 Å². The average Bonchev–Trinajstić information content (AvgIpc) is 2.45. The first-order chi connectivity index (χ1) is 9.96. The van der Waals surface area contributed by atoms with Crippen molar-refractivity contribution in [3.63, 3.8) is 0 Å². The van der Waals surface area contributed by atoms with Gasteiger partial charge in [-0.3, -0.25) is 0 Å². The molecule has 1 unspecified atom stereocenters. The van der Waals surface area contributed by atoms with E-state index in [0.717, 1.165) is 21.2 Å². The summed E-state index contributed by atoms with van der Waals surface area (Å²) in [6, 6.07) is 8.70. The Balaban J connectivity index is 2.49. The number of benzene rings is 2. The second-order valence-corrected chi connectivity index (χ2v) is 6.42. The van der Waals surface area contributed by atoms with Gasteiger partial charge in [-0.05, 0) is 47.9 Å². The topological polar surface area (TPSA) is 18.5 Å². The largest absolute Gasteiger partial charge is 0.493 e. The second-order valence-electron chi connectivity index (χ2n) is 4.65. The van der Waals surface area contributed by atoms with E-state index in [0.29, 0.717) is 11.5 Å². The number of methoxy groups -OCH3 is 2. The van der Waals surface area contributed by atoms with Gasteiger partial charge < -0.3 is 9.47 Å². The van der Waals surface area contributed by atoms with Crippen molar-refractivity contribution in [1.82, 2.24) is 0 Å². The lowest BCUT2D eigenvalue weighted by molar-refractivity contribution is 0.354. The summed E-state index contributed by atoms with van der Waals surface area (Å²) in [5.74, 6) is 1.03. The van der Waals surface area contributed by atoms with Crippen molar-refractivity contribution in [3.05, 3.63) is 57.3 Å². The van der Waals surface area contributed by atoms with Gasteiger partial charge in [0.2, 0.25) is 0 Å². The minimum atomic E-state index is -0.244. The Labute approximate surface area is 140 Å². The zero-order chi connectivity index (χ0) is 15.6. The summed E-state index contributed by atoms with van der Waals surface area (Å²) >= 11 is 7.16. The van der Waals surface area contributed by atoms with Gasteiger partial charge in [0.15, 0.2) is 11.5 Å². The summed E-state index contributed by atoms with van der Waals surface area (Å²) in [5.41, 5.74) is 2.67. The van der Waals surface area contributed by atoms with Crippen LogP contribution < -0.4 is 9.47 Å². The van der Waals surface area contributed by atoms with Crippen molar-refractivity contribution < 1.29 is 13.9 Å². The van der Waals surface area contributed by atoms with Gasteiger partial charge in [-0.1, -0.05) is 37.9 Å². The van der Waals surface area contributed by atoms with Crippen LogP contribution in [0.2, 0.25) is 0 Å². The predicted molar refractivity (Wildman–Crippen MR) is 89.2 cm³/mol. The Morgan fingerprint density at radius 1 is 1.00 bits per heavy atom. The van der Waals surface area contributed by atoms with E-state index in [1.165, 1.54) is 12.1 Å². The number of aryl methyl sites for hydroxylation is 1. The molecule has 2 aromatic rings. The van der Waals surface area contributed by atoms with Crippen LogP contribution in [-0.4, -0.2) is 14.2 Å². The molecule has 0 N–H and O–H groups in total. The zero-order valence-electron chi connectivity index (χ0n) is 11.9. The monoisotopic (exact) mass is 416 g/mol. The van der Waals surface area contributed by atoms with Crippen molar-refractivity contribution >= 4 is 31.9 Å². The molecular weight excluding hydrogens is 403 g/mol. The van der Waals surface area contributed by atoms with Crippen LogP contribution in [0.1, 0.15) is 21.5 Å². The Morgan fingerprint density at radius 2 is 1.62 bits per heavy atom. The van der Waals surface area contributed by atoms with Crippen LogP contribution in [-0.2, 0) is 0 Å². The average molecular weight is 418 g/mol. The van der Waals surface area contributed by atoms with Crippen molar-refractivity contribution in [2.45, 2.75) is 11.8 Å². The lowest BCUT2D eigenvalue weighted by Gasteiger charge is -2.17. The van der Waals surface area contributed by atoms with Gasteiger partial charge in [-0.25, -0.2) is 4.39 Å². The van der Waals surface area contributed by atoms with Gasteiger partial charge in [0.1, 0.15) is 5.82 Å². The molecule has 21 heavy (non-hydrogen) atoms. The third-order valence-corrected chi connectivity index (χ3v) is 4.84. The number of rotatable bonds is 4. The molecule has 0 fully saturated rings. The Morgan fingerprint density at radius 3 is 2.19 bits per heavy atom. The molecule has 2 rings (SSSR count). The number of ether oxygens (including phenoxy) is 2. The van der Waals surface area contributed by atoms with E-state index in [-0.39, 0.29) is 10.6 Å². The highest BCUT2D eigenvalue weighted by molar-refractivity contribution is 9.11. The minimum Gasteiger partial charge on any atom is -0.493 e. The normalized spacial score (nSPS) is 12.1. The molecule has 1 atom stereocenters. The molecule has 0 aliphatic rings. The summed E-state index contributed by atoms with van der Waals surface area (Å²) in [4.78, 5) is -0.152. The van der Waals surface area contributed by atoms with Gasteiger partial charge in [0.25, 0.3) is 0 Å². The maximum absolute atomic E-state index is 13.6. The number of halogens is 3. The fourth-order valence-corrected chi connectivity index (χ4v) is 3.66. The number of alkyl halides is 1. The molecule has 0 aliphatic heterocycles. The van der Waals surface area contributed by atoms with E-state index in [1.54, 1.807) is 14.2 Å². The molecule has 0 amide bonds. The molecule has 2 aromatic carbocycles. The lowest BCUT2D eigenvalue weighted by atomic mass is 10.0. The first-order valence-electron chi connectivity index (χ1n) is 6.29. The van der Waals surface area contributed by atoms with Gasteiger partial charge in [0.05, 0.1) is 19.0 Å². The Bertz CT molecular complexity index is 639.